The first kappa shape index (κ1) is 13.6. The van der Waals surface area contributed by atoms with Gasteiger partial charge in [-0.3, -0.25) is 0 Å². The first-order chi connectivity index (χ1) is 8.96. The molecule has 2 rings (SSSR count). The van der Waals surface area contributed by atoms with Gasteiger partial charge in [-0.15, -0.1) is 0 Å². The summed E-state index contributed by atoms with van der Waals surface area (Å²) >= 11 is 5.91. The van der Waals surface area contributed by atoms with Gasteiger partial charge in [0.1, 0.15) is 0 Å². The van der Waals surface area contributed by atoms with E-state index in [1.807, 2.05) is 6.07 Å². The summed E-state index contributed by atoms with van der Waals surface area (Å²) in [5.74, 6) is -0.0346. The molecule has 0 radical (unpaired) electrons. The summed E-state index contributed by atoms with van der Waals surface area (Å²) < 4.78 is 24.2. The Morgan fingerprint density at radius 1 is 1.37 bits per heavy atom. The van der Waals surface area contributed by atoms with Crippen LogP contribution in [0.3, 0.4) is 0 Å². The SMILES string of the molecule is CCS(=O)(=O)n1cc(-c2cc(Cl)cc(C#N)c2)cn1. The van der Waals surface area contributed by atoms with Crippen LogP contribution in [0.5, 0.6) is 0 Å². The largest absolute Gasteiger partial charge is 0.253 e. The topological polar surface area (TPSA) is 75.8 Å². The monoisotopic (exact) mass is 295 g/mol. The molecule has 0 amide bonds. The van der Waals surface area contributed by atoms with Gasteiger partial charge >= 0.3 is 0 Å². The van der Waals surface area contributed by atoms with E-state index in [0.29, 0.717) is 21.7 Å². The van der Waals surface area contributed by atoms with E-state index in [0.717, 1.165) is 4.09 Å². The molecule has 5 nitrogen and oxygen atoms in total. The minimum atomic E-state index is -3.40. The Labute approximate surface area is 116 Å². The molecule has 0 aliphatic heterocycles. The molecule has 0 saturated heterocycles. The van der Waals surface area contributed by atoms with Crippen LogP contribution in [-0.2, 0) is 10.0 Å². The van der Waals surface area contributed by atoms with E-state index in [4.69, 9.17) is 16.9 Å². The van der Waals surface area contributed by atoms with Gasteiger partial charge in [-0.05, 0) is 30.7 Å². The number of hydrogen-bond donors (Lipinski definition) is 0. The molecule has 98 valence electrons. The van der Waals surface area contributed by atoms with Crippen molar-refractivity contribution >= 4 is 21.6 Å². The lowest BCUT2D eigenvalue weighted by atomic mass is 10.1. The summed E-state index contributed by atoms with van der Waals surface area (Å²) in [5, 5.41) is 13.1. The number of nitriles is 1. The standard InChI is InChI=1S/C12H10ClN3O2S/c1-2-19(17,18)16-8-11(7-15-16)10-3-9(6-14)4-12(13)5-10/h3-5,7-8H,2H2,1H3. The fraction of sp³-hybridized carbons (Fsp3) is 0.167. The summed E-state index contributed by atoms with van der Waals surface area (Å²) in [6.07, 6.45) is 2.84. The second-order valence-corrected chi connectivity index (χ2v) is 6.39. The summed E-state index contributed by atoms with van der Waals surface area (Å²) in [5.41, 5.74) is 1.66. The van der Waals surface area contributed by atoms with Crippen LogP contribution >= 0.6 is 11.6 Å². The van der Waals surface area contributed by atoms with Crippen LogP contribution in [0.25, 0.3) is 11.1 Å². The van der Waals surface area contributed by atoms with Crippen molar-refractivity contribution in [2.24, 2.45) is 0 Å². The maximum Gasteiger partial charge on any atom is 0.253 e. The third-order valence-electron chi connectivity index (χ3n) is 2.57. The molecule has 0 bridgehead atoms. The van der Waals surface area contributed by atoms with Gasteiger partial charge in [-0.2, -0.15) is 14.4 Å². The average Bonchev–Trinajstić information content (AvgIpc) is 2.88. The van der Waals surface area contributed by atoms with Crippen molar-refractivity contribution in [1.29, 1.82) is 5.26 Å². The van der Waals surface area contributed by atoms with E-state index in [1.165, 1.54) is 18.5 Å². The van der Waals surface area contributed by atoms with E-state index in [9.17, 15) is 8.42 Å². The van der Waals surface area contributed by atoms with Crippen LogP contribution in [0.4, 0.5) is 0 Å². The molecule has 0 aliphatic rings. The smallest absolute Gasteiger partial charge is 0.205 e. The highest BCUT2D eigenvalue weighted by atomic mass is 35.5. The number of rotatable bonds is 3. The van der Waals surface area contributed by atoms with Crippen LogP contribution in [0, 0.1) is 11.3 Å². The third kappa shape index (κ3) is 2.78. The maximum atomic E-state index is 11.7. The molecule has 19 heavy (non-hydrogen) atoms. The Hall–Kier alpha value is -1.84. The fourth-order valence-electron chi connectivity index (χ4n) is 1.56. The van der Waals surface area contributed by atoms with Gasteiger partial charge in [0, 0.05) is 10.6 Å². The zero-order chi connectivity index (χ0) is 14.0. The molecule has 0 saturated carbocycles. The first-order valence-electron chi connectivity index (χ1n) is 5.45. The number of nitrogens with zero attached hydrogens (tertiary/aromatic N) is 3. The first-order valence-corrected chi connectivity index (χ1v) is 7.44. The van der Waals surface area contributed by atoms with Gasteiger partial charge in [0.2, 0.25) is 0 Å². The number of halogens is 1. The van der Waals surface area contributed by atoms with Crippen LogP contribution in [0.15, 0.2) is 30.6 Å². The predicted octanol–water partition coefficient (Wildman–Crippen LogP) is 2.27. The number of hydrogen-bond acceptors (Lipinski definition) is 4. The molecule has 0 aliphatic carbocycles. The van der Waals surface area contributed by atoms with E-state index in [1.54, 1.807) is 19.1 Å². The second kappa shape index (κ2) is 5.03. The highest BCUT2D eigenvalue weighted by Gasteiger charge is 2.13. The lowest BCUT2D eigenvalue weighted by Crippen LogP contribution is -2.14. The van der Waals surface area contributed by atoms with Crippen molar-refractivity contribution in [1.82, 2.24) is 9.19 Å². The Kier molecular flexibility index (Phi) is 3.60. The van der Waals surface area contributed by atoms with Crippen LogP contribution in [0.1, 0.15) is 12.5 Å². The molecular formula is C12H10ClN3O2S. The molecule has 0 spiro atoms. The van der Waals surface area contributed by atoms with Crippen molar-refractivity contribution in [3.8, 4) is 17.2 Å². The van der Waals surface area contributed by atoms with Crippen molar-refractivity contribution < 1.29 is 8.42 Å². The molecule has 0 fully saturated rings. The number of aromatic nitrogens is 2. The van der Waals surface area contributed by atoms with Crippen LogP contribution < -0.4 is 0 Å². The van der Waals surface area contributed by atoms with E-state index >= 15 is 0 Å². The second-order valence-electron chi connectivity index (χ2n) is 3.84. The van der Waals surface area contributed by atoms with Gasteiger partial charge in [0.05, 0.1) is 29.8 Å². The van der Waals surface area contributed by atoms with E-state index < -0.39 is 10.0 Å². The van der Waals surface area contributed by atoms with Gasteiger partial charge < -0.3 is 0 Å². The Balaban J connectivity index is 2.50. The number of benzene rings is 1. The third-order valence-corrected chi connectivity index (χ3v) is 4.29. The highest BCUT2D eigenvalue weighted by Crippen LogP contribution is 2.24. The van der Waals surface area contributed by atoms with Crippen molar-refractivity contribution in [3.05, 3.63) is 41.2 Å². The normalized spacial score (nSPS) is 11.2. The molecule has 0 atom stereocenters. The lowest BCUT2D eigenvalue weighted by molar-refractivity contribution is 0.581. The van der Waals surface area contributed by atoms with Crippen LogP contribution in [-0.4, -0.2) is 23.4 Å². The molecule has 1 heterocycles. The van der Waals surface area contributed by atoms with E-state index in [2.05, 4.69) is 5.10 Å². The zero-order valence-corrected chi connectivity index (χ0v) is 11.6. The maximum absolute atomic E-state index is 11.7. The fourth-order valence-corrected chi connectivity index (χ4v) is 2.52. The minimum absolute atomic E-state index is 0.0346. The summed E-state index contributed by atoms with van der Waals surface area (Å²) in [6, 6.07) is 6.82. The van der Waals surface area contributed by atoms with Gasteiger partial charge in [0.25, 0.3) is 10.0 Å². The molecule has 0 N–H and O–H groups in total. The van der Waals surface area contributed by atoms with Crippen molar-refractivity contribution in [2.45, 2.75) is 6.92 Å². The van der Waals surface area contributed by atoms with Crippen LogP contribution in [0.2, 0.25) is 5.02 Å². The Bertz CT molecular complexity index is 760. The molecule has 1 aromatic carbocycles. The highest BCUT2D eigenvalue weighted by molar-refractivity contribution is 7.89. The molecule has 7 heteroatoms. The predicted molar refractivity (Wildman–Crippen MR) is 72.2 cm³/mol. The average molecular weight is 296 g/mol. The Morgan fingerprint density at radius 3 is 2.74 bits per heavy atom. The van der Waals surface area contributed by atoms with Crippen molar-refractivity contribution in [3.63, 3.8) is 0 Å². The zero-order valence-electron chi connectivity index (χ0n) is 10.0. The quantitative estimate of drug-likeness (QED) is 0.870. The molecule has 2 aromatic rings. The lowest BCUT2D eigenvalue weighted by Gasteiger charge is -2.00. The Morgan fingerprint density at radius 2 is 2.11 bits per heavy atom. The molecular weight excluding hydrogens is 286 g/mol. The summed E-state index contributed by atoms with van der Waals surface area (Å²) in [4.78, 5) is 0. The van der Waals surface area contributed by atoms with Crippen molar-refractivity contribution in [2.75, 3.05) is 5.75 Å². The summed E-state index contributed by atoms with van der Waals surface area (Å²) in [6.45, 7) is 1.55. The summed E-state index contributed by atoms with van der Waals surface area (Å²) in [7, 11) is -3.40. The van der Waals surface area contributed by atoms with Gasteiger partial charge in [0.15, 0.2) is 0 Å². The van der Waals surface area contributed by atoms with Gasteiger partial charge in [-0.25, -0.2) is 8.42 Å². The molecule has 0 unspecified atom stereocenters. The van der Waals surface area contributed by atoms with Gasteiger partial charge in [-0.1, -0.05) is 11.6 Å². The minimum Gasteiger partial charge on any atom is -0.205 e. The molecule has 1 aromatic heterocycles. The van der Waals surface area contributed by atoms with E-state index in [-0.39, 0.29) is 5.75 Å².